The Morgan fingerprint density at radius 1 is 1.26 bits per heavy atom. The van der Waals surface area contributed by atoms with E-state index in [0.717, 1.165) is 0 Å². The van der Waals surface area contributed by atoms with Gasteiger partial charge in [-0.2, -0.15) is 0 Å². The van der Waals surface area contributed by atoms with Crippen LogP contribution in [-0.4, -0.2) is 12.5 Å². The molecule has 0 aliphatic heterocycles. The maximum atomic E-state index is 11.3. The maximum absolute atomic E-state index is 11.3. The van der Waals surface area contributed by atoms with Gasteiger partial charge in [-0.25, -0.2) is 0 Å². The molecule has 19 heavy (non-hydrogen) atoms. The number of primary amides is 1. The number of hydrogen-bond acceptors (Lipinski definition) is 2. The van der Waals surface area contributed by atoms with E-state index in [-0.39, 0.29) is 11.9 Å². The summed E-state index contributed by atoms with van der Waals surface area (Å²) in [6, 6.07) is 4.60. The SMILES string of the molecule is Cc1cc(C)c(C(C)NCC(C)(C)C(N)=O)c(C)c1. The molecule has 3 nitrogen and oxygen atoms in total. The van der Waals surface area contributed by atoms with Crippen LogP contribution in [0.3, 0.4) is 0 Å². The summed E-state index contributed by atoms with van der Waals surface area (Å²) in [7, 11) is 0. The summed E-state index contributed by atoms with van der Waals surface area (Å²) < 4.78 is 0. The first-order chi connectivity index (χ1) is 8.65. The summed E-state index contributed by atoms with van der Waals surface area (Å²) in [6.45, 7) is 12.8. The number of nitrogens with two attached hydrogens (primary N) is 1. The monoisotopic (exact) mass is 262 g/mol. The minimum absolute atomic E-state index is 0.208. The van der Waals surface area contributed by atoms with E-state index in [1.807, 2.05) is 13.8 Å². The lowest BCUT2D eigenvalue weighted by Crippen LogP contribution is -2.41. The molecule has 0 fully saturated rings. The molecule has 1 unspecified atom stereocenters. The smallest absolute Gasteiger partial charge is 0.224 e. The summed E-state index contributed by atoms with van der Waals surface area (Å²) >= 11 is 0. The number of carbonyl (C=O) groups is 1. The Labute approximate surface area is 116 Å². The van der Waals surface area contributed by atoms with Crippen molar-refractivity contribution in [1.29, 1.82) is 0 Å². The number of carbonyl (C=O) groups excluding carboxylic acids is 1. The van der Waals surface area contributed by atoms with Crippen LogP contribution < -0.4 is 11.1 Å². The number of rotatable bonds is 5. The molecule has 0 aliphatic rings. The molecule has 0 heterocycles. The van der Waals surface area contributed by atoms with Gasteiger partial charge in [-0.3, -0.25) is 4.79 Å². The Morgan fingerprint density at radius 2 is 1.74 bits per heavy atom. The molecule has 1 aromatic carbocycles. The van der Waals surface area contributed by atoms with Crippen molar-refractivity contribution >= 4 is 5.91 Å². The molecular weight excluding hydrogens is 236 g/mol. The molecule has 0 saturated heterocycles. The molecule has 1 rings (SSSR count). The molecule has 3 N–H and O–H groups in total. The topological polar surface area (TPSA) is 55.1 Å². The highest BCUT2D eigenvalue weighted by Gasteiger charge is 2.25. The molecule has 0 spiro atoms. The fourth-order valence-electron chi connectivity index (χ4n) is 2.47. The molecule has 1 atom stereocenters. The predicted molar refractivity (Wildman–Crippen MR) is 80.0 cm³/mol. The van der Waals surface area contributed by atoms with E-state index in [2.05, 4.69) is 45.1 Å². The molecule has 0 aromatic heterocycles. The third-order valence-corrected chi connectivity index (χ3v) is 3.69. The van der Waals surface area contributed by atoms with Crippen LogP contribution in [0.25, 0.3) is 0 Å². The van der Waals surface area contributed by atoms with Gasteiger partial charge in [-0.15, -0.1) is 0 Å². The summed E-state index contributed by atoms with van der Waals surface area (Å²) in [5.41, 5.74) is 10.0. The second-order valence-electron chi connectivity index (χ2n) is 6.16. The molecule has 0 radical (unpaired) electrons. The fourth-order valence-corrected chi connectivity index (χ4v) is 2.47. The average Bonchev–Trinajstić information content (AvgIpc) is 2.24. The van der Waals surface area contributed by atoms with Gasteiger partial charge in [0, 0.05) is 12.6 Å². The van der Waals surface area contributed by atoms with E-state index in [4.69, 9.17) is 5.73 Å². The summed E-state index contributed by atoms with van der Waals surface area (Å²) in [5, 5.41) is 3.42. The third kappa shape index (κ3) is 3.80. The van der Waals surface area contributed by atoms with Crippen LogP contribution in [0.1, 0.15) is 49.1 Å². The minimum Gasteiger partial charge on any atom is -0.369 e. The lowest BCUT2D eigenvalue weighted by atomic mass is 9.90. The van der Waals surface area contributed by atoms with Crippen molar-refractivity contribution in [3.05, 3.63) is 34.4 Å². The van der Waals surface area contributed by atoms with Crippen molar-refractivity contribution in [1.82, 2.24) is 5.32 Å². The third-order valence-electron chi connectivity index (χ3n) is 3.69. The van der Waals surface area contributed by atoms with Gasteiger partial charge in [0.2, 0.25) is 5.91 Å². The van der Waals surface area contributed by atoms with Gasteiger partial charge in [0.25, 0.3) is 0 Å². The van der Waals surface area contributed by atoms with Crippen molar-refractivity contribution in [2.75, 3.05) is 6.54 Å². The van der Waals surface area contributed by atoms with E-state index in [1.54, 1.807) is 0 Å². The maximum Gasteiger partial charge on any atom is 0.224 e. The highest BCUT2D eigenvalue weighted by molar-refractivity contribution is 5.80. The summed E-state index contributed by atoms with van der Waals surface area (Å²) in [4.78, 5) is 11.3. The quantitative estimate of drug-likeness (QED) is 0.857. The van der Waals surface area contributed by atoms with Crippen LogP contribution >= 0.6 is 0 Å². The van der Waals surface area contributed by atoms with Gasteiger partial charge >= 0.3 is 0 Å². The first kappa shape index (κ1) is 15.7. The van der Waals surface area contributed by atoms with Gasteiger partial charge in [-0.1, -0.05) is 17.7 Å². The minimum atomic E-state index is -0.527. The van der Waals surface area contributed by atoms with Crippen molar-refractivity contribution in [2.45, 2.75) is 47.6 Å². The van der Waals surface area contributed by atoms with Gasteiger partial charge in [-0.05, 0) is 58.2 Å². The number of amides is 1. The van der Waals surface area contributed by atoms with Crippen LogP contribution in [-0.2, 0) is 4.79 Å². The van der Waals surface area contributed by atoms with Crippen molar-refractivity contribution in [2.24, 2.45) is 11.1 Å². The van der Waals surface area contributed by atoms with Crippen molar-refractivity contribution in [3.63, 3.8) is 0 Å². The normalized spacial score (nSPS) is 13.4. The van der Waals surface area contributed by atoms with Gasteiger partial charge in [0.1, 0.15) is 0 Å². The molecule has 0 aliphatic carbocycles. The van der Waals surface area contributed by atoms with E-state index < -0.39 is 5.41 Å². The standard InChI is InChI=1S/C16H26N2O/c1-10-7-11(2)14(12(3)8-10)13(4)18-9-16(5,6)15(17)19/h7-8,13,18H,9H2,1-6H3,(H2,17,19). The summed E-state index contributed by atoms with van der Waals surface area (Å²) in [5.74, 6) is -0.274. The number of nitrogens with one attached hydrogen (secondary N) is 1. The first-order valence-electron chi connectivity index (χ1n) is 6.76. The first-order valence-corrected chi connectivity index (χ1v) is 6.76. The molecule has 3 heteroatoms. The van der Waals surface area contributed by atoms with Gasteiger partial charge in [0.15, 0.2) is 0 Å². The molecule has 0 bridgehead atoms. The van der Waals surface area contributed by atoms with Gasteiger partial charge < -0.3 is 11.1 Å². The fraction of sp³-hybridized carbons (Fsp3) is 0.562. The van der Waals surface area contributed by atoms with Crippen LogP contribution in [0.4, 0.5) is 0 Å². The molecule has 1 aromatic rings. The van der Waals surface area contributed by atoms with Crippen molar-refractivity contribution < 1.29 is 4.79 Å². The zero-order chi connectivity index (χ0) is 14.8. The zero-order valence-corrected chi connectivity index (χ0v) is 12.9. The van der Waals surface area contributed by atoms with Crippen LogP contribution in [0.5, 0.6) is 0 Å². The lowest BCUT2D eigenvalue weighted by Gasteiger charge is -2.26. The van der Waals surface area contributed by atoms with E-state index in [0.29, 0.717) is 6.54 Å². The molecule has 0 saturated carbocycles. The average molecular weight is 262 g/mol. The number of benzene rings is 1. The van der Waals surface area contributed by atoms with Crippen LogP contribution in [0.2, 0.25) is 0 Å². The lowest BCUT2D eigenvalue weighted by molar-refractivity contribution is -0.125. The van der Waals surface area contributed by atoms with Crippen molar-refractivity contribution in [3.8, 4) is 0 Å². The Hall–Kier alpha value is -1.35. The Morgan fingerprint density at radius 3 is 2.16 bits per heavy atom. The van der Waals surface area contributed by atoms with E-state index >= 15 is 0 Å². The Bertz CT molecular complexity index is 455. The van der Waals surface area contributed by atoms with Crippen LogP contribution in [0.15, 0.2) is 12.1 Å². The van der Waals surface area contributed by atoms with Gasteiger partial charge in [0.05, 0.1) is 5.41 Å². The van der Waals surface area contributed by atoms with E-state index in [1.165, 1.54) is 22.3 Å². The summed E-state index contributed by atoms with van der Waals surface area (Å²) in [6.07, 6.45) is 0. The van der Waals surface area contributed by atoms with E-state index in [9.17, 15) is 4.79 Å². The second-order valence-corrected chi connectivity index (χ2v) is 6.16. The number of hydrogen-bond donors (Lipinski definition) is 2. The zero-order valence-electron chi connectivity index (χ0n) is 12.9. The van der Waals surface area contributed by atoms with Crippen LogP contribution in [0, 0.1) is 26.2 Å². The Balaban J connectivity index is 2.85. The largest absolute Gasteiger partial charge is 0.369 e. The number of aryl methyl sites for hydroxylation is 3. The molecule has 106 valence electrons. The highest BCUT2D eigenvalue weighted by atomic mass is 16.1. The Kier molecular flexibility index (Phi) is 4.75. The predicted octanol–water partition coefficient (Wildman–Crippen LogP) is 2.77. The molecular formula is C16H26N2O. The highest BCUT2D eigenvalue weighted by Crippen LogP contribution is 2.24. The molecule has 1 amide bonds. The second kappa shape index (κ2) is 5.74.